The first kappa shape index (κ1) is 15.6. The predicted octanol–water partition coefficient (Wildman–Crippen LogP) is 3.55. The lowest BCUT2D eigenvalue weighted by molar-refractivity contribution is -0.136. The van der Waals surface area contributed by atoms with E-state index in [-0.39, 0.29) is 12.2 Å². The minimum atomic E-state index is -0.745. The number of methoxy groups -OCH3 is 1. The van der Waals surface area contributed by atoms with Crippen LogP contribution in [-0.4, -0.2) is 23.3 Å². The molecule has 0 fully saturated rings. The summed E-state index contributed by atoms with van der Waals surface area (Å²) < 4.78 is 5.13. The number of carboxylic acids is 1. The van der Waals surface area contributed by atoms with E-state index in [1.54, 1.807) is 26.2 Å². The number of hydrogen-bond acceptors (Lipinski definition) is 3. The molecule has 2 aromatic rings. The van der Waals surface area contributed by atoms with Crippen molar-refractivity contribution >= 4 is 5.97 Å². The lowest BCUT2D eigenvalue weighted by Crippen LogP contribution is -1.86. The lowest BCUT2D eigenvalue weighted by Gasteiger charge is -2.06. The van der Waals surface area contributed by atoms with Crippen LogP contribution >= 0.6 is 0 Å². The van der Waals surface area contributed by atoms with Crippen LogP contribution in [-0.2, 0) is 4.79 Å². The van der Waals surface area contributed by atoms with E-state index in [1.165, 1.54) is 0 Å². The highest BCUT2D eigenvalue weighted by atomic mass is 16.5. The van der Waals surface area contributed by atoms with Crippen LogP contribution in [0.3, 0.4) is 0 Å². The Morgan fingerprint density at radius 1 is 1.15 bits per heavy atom. The number of para-hydroxylation sites is 1. The third-order valence-electron chi connectivity index (χ3n) is 2.59. The van der Waals surface area contributed by atoms with Gasteiger partial charge in [-0.15, -0.1) is 0 Å². The summed E-state index contributed by atoms with van der Waals surface area (Å²) in [4.78, 5) is 9.37. The van der Waals surface area contributed by atoms with Gasteiger partial charge in [-0.2, -0.15) is 0 Å². The number of carbonyl (C=O) groups is 1. The number of aliphatic carboxylic acids is 1. The summed E-state index contributed by atoms with van der Waals surface area (Å²) >= 11 is 0. The average Bonchev–Trinajstić information content (AvgIpc) is 2.48. The van der Waals surface area contributed by atoms with Crippen LogP contribution in [0.2, 0.25) is 0 Å². The van der Waals surface area contributed by atoms with E-state index in [4.69, 9.17) is 9.84 Å². The fourth-order valence-corrected chi connectivity index (χ4v) is 1.51. The van der Waals surface area contributed by atoms with Gasteiger partial charge in [-0.3, -0.25) is 4.79 Å². The zero-order valence-electron chi connectivity index (χ0n) is 11.5. The monoisotopic (exact) mass is 274 g/mol. The number of aromatic hydroxyl groups is 1. The van der Waals surface area contributed by atoms with Gasteiger partial charge < -0.3 is 14.9 Å². The number of phenolic OH excluding ortho intramolecular Hbond substituents is 1. The smallest absolute Gasteiger partial charge is 0.303 e. The quantitative estimate of drug-likeness (QED) is 0.898. The van der Waals surface area contributed by atoms with Crippen molar-refractivity contribution in [1.29, 1.82) is 0 Å². The highest BCUT2D eigenvalue weighted by Crippen LogP contribution is 2.30. The van der Waals surface area contributed by atoms with Crippen molar-refractivity contribution in [2.45, 2.75) is 13.3 Å². The fraction of sp³-hybridized carbons (Fsp3) is 0.188. The number of carboxylic acid groups (broad SMARTS) is 1. The maximum absolute atomic E-state index is 9.69. The summed E-state index contributed by atoms with van der Waals surface area (Å²) in [6, 6.07) is 14.9. The van der Waals surface area contributed by atoms with Crippen molar-refractivity contribution < 1.29 is 19.7 Å². The van der Waals surface area contributed by atoms with Gasteiger partial charge >= 0.3 is 5.97 Å². The van der Waals surface area contributed by atoms with Crippen molar-refractivity contribution in [2.24, 2.45) is 0 Å². The van der Waals surface area contributed by atoms with Crippen molar-refractivity contribution in [3.8, 4) is 22.6 Å². The molecule has 4 heteroatoms. The molecule has 0 radical (unpaired) electrons. The molecule has 0 bridgehead atoms. The molecule has 0 aliphatic carbocycles. The molecule has 4 nitrogen and oxygen atoms in total. The molecule has 0 spiro atoms. The summed E-state index contributed by atoms with van der Waals surface area (Å²) in [6.07, 6.45) is 0.222. The van der Waals surface area contributed by atoms with Crippen molar-refractivity contribution in [1.82, 2.24) is 0 Å². The standard InChI is InChI=1S/C13H12O2.C3H6O2/c1-15-11-6-4-5-10(9-11)12-7-2-3-8-13(12)14;1-2-3(4)5/h2-9,14H,1H3;2H2,1H3,(H,4,5). The van der Waals surface area contributed by atoms with E-state index in [1.807, 2.05) is 36.4 Å². The van der Waals surface area contributed by atoms with Gasteiger partial charge in [0.2, 0.25) is 0 Å². The van der Waals surface area contributed by atoms with E-state index in [0.29, 0.717) is 0 Å². The number of ether oxygens (including phenoxy) is 1. The summed E-state index contributed by atoms with van der Waals surface area (Å²) in [5.41, 5.74) is 1.77. The van der Waals surface area contributed by atoms with E-state index >= 15 is 0 Å². The minimum absolute atomic E-state index is 0.222. The van der Waals surface area contributed by atoms with Gasteiger partial charge in [-0.25, -0.2) is 0 Å². The maximum Gasteiger partial charge on any atom is 0.303 e. The number of benzene rings is 2. The molecule has 0 atom stereocenters. The molecule has 0 aromatic heterocycles. The van der Waals surface area contributed by atoms with E-state index in [9.17, 15) is 9.90 Å². The minimum Gasteiger partial charge on any atom is -0.507 e. The molecular formula is C16H18O4. The van der Waals surface area contributed by atoms with Crippen molar-refractivity contribution in [3.63, 3.8) is 0 Å². The van der Waals surface area contributed by atoms with Crippen LogP contribution < -0.4 is 4.74 Å². The normalized spacial score (nSPS) is 9.30. The topological polar surface area (TPSA) is 66.8 Å². The molecule has 2 N–H and O–H groups in total. The summed E-state index contributed by atoms with van der Waals surface area (Å²) in [7, 11) is 1.63. The lowest BCUT2D eigenvalue weighted by atomic mass is 10.0. The molecule has 0 unspecified atom stereocenters. The predicted molar refractivity (Wildman–Crippen MR) is 78.0 cm³/mol. The van der Waals surface area contributed by atoms with Crippen molar-refractivity contribution in [2.75, 3.05) is 7.11 Å². The van der Waals surface area contributed by atoms with Crippen LogP contribution in [0.5, 0.6) is 11.5 Å². The van der Waals surface area contributed by atoms with E-state index in [2.05, 4.69) is 0 Å². The van der Waals surface area contributed by atoms with Crippen LogP contribution in [0, 0.1) is 0 Å². The van der Waals surface area contributed by atoms with Gasteiger partial charge in [-0.1, -0.05) is 37.3 Å². The summed E-state index contributed by atoms with van der Waals surface area (Å²) in [6.45, 7) is 1.60. The Hall–Kier alpha value is -2.49. The summed E-state index contributed by atoms with van der Waals surface area (Å²) in [5, 5.41) is 17.4. The van der Waals surface area contributed by atoms with Crippen LogP contribution in [0.15, 0.2) is 48.5 Å². The first-order chi connectivity index (χ1) is 9.58. The SMILES string of the molecule is CCC(=O)O.COc1cccc(-c2ccccc2O)c1. The Morgan fingerprint density at radius 2 is 1.80 bits per heavy atom. The highest BCUT2D eigenvalue weighted by Gasteiger charge is 2.03. The molecule has 0 aliphatic rings. The first-order valence-electron chi connectivity index (χ1n) is 6.22. The molecule has 0 heterocycles. The number of phenols is 1. The molecule has 2 rings (SSSR count). The van der Waals surface area contributed by atoms with E-state index in [0.717, 1.165) is 16.9 Å². The molecule has 2 aromatic carbocycles. The second-order valence-electron chi connectivity index (χ2n) is 4.00. The molecule has 0 saturated heterocycles. The molecule has 0 saturated carbocycles. The van der Waals surface area contributed by atoms with Gasteiger partial charge in [-0.05, 0) is 23.8 Å². The fourth-order valence-electron chi connectivity index (χ4n) is 1.51. The number of rotatable bonds is 3. The number of hydrogen-bond donors (Lipinski definition) is 2. The molecule has 0 amide bonds. The van der Waals surface area contributed by atoms with Gasteiger partial charge in [0, 0.05) is 12.0 Å². The largest absolute Gasteiger partial charge is 0.507 e. The van der Waals surface area contributed by atoms with Gasteiger partial charge in [0.25, 0.3) is 0 Å². The third kappa shape index (κ3) is 4.65. The molecular weight excluding hydrogens is 256 g/mol. The maximum atomic E-state index is 9.69. The average molecular weight is 274 g/mol. The second kappa shape index (κ2) is 7.84. The van der Waals surface area contributed by atoms with E-state index < -0.39 is 5.97 Å². The Labute approximate surface area is 118 Å². The third-order valence-corrected chi connectivity index (χ3v) is 2.59. The van der Waals surface area contributed by atoms with Gasteiger partial charge in [0.05, 0.1) is 7.11 Å². The Kier molecular flexibility index (Phi) is 6.10. The molecule has 20 heavy (non-hydrogen) atoms. The second-order valence-corrected chi connectivity index (χ2v) is 4.00. The summed E-state index contributed by atoms with van der Waals surface area (Å²) in [5.74, 6) is 0.325. The Balaban J connectivity index is 0.000000347. The van der Waals surface area contributed by atoms with Gasteiger partial charge in [0.15, 0.2) is 0 Å². The van der Waals surface area contributed by atoms with Crippen LogP contribution in [0.4, 0.5) is 0 Å². The molecule has 106 valence electrons. The molecule has 0 aliphatic heterocycles. The highest BCUT2D eigenvalue weighted by molar-refractivity contribution is 5.71. The Morgan fingerprint density at radius 3 is 2.35 bits per heavy atom. The zero-order valence-corrected chi connectivity index (χ0v) is 11.5. The zero-order chi connectivity index (χ0) is 15.0. The van der Waals surface area contributed by atoms with Crippen LogP contribution in [0.25, 0.3) is 11.1 Å². The first-order valence-corrected chi connectivity index (χ1v) is 6.22. The van der Waals surface area contributed by atoms with Crippen molar-refractivity contribution in [3.05, 3.63) is 48.5 Å². The Bertz CT molecular complexity index is 564. The van der Waals surface area contributed by atoms with Gasteiger partial charge in [0.1, 0.15) is 11.5 Å². The van der Waals surface area contributed by atoms with Crippen LogP contribution in [0.1, 0.15) is 13.3 Å².